The number of rotatable bonds is 4. The molecule has 2 aromatic rings. The van der Waals surface area contributed by atoms with Gasteiger partial charge in [-0.2, -0.15) is 0 Å². The second-order valence-electron chi connectivity index (χ2n) is 5.56. The minimum Gasteiger partial charge on any atom is -0.351 e. The van der Waals surface area contributed by atoms with Crippen LogP contribution in [0.3, 0.4) is 0 Å². The number of halogens is 1. The van der Waals surface area contributed by atoms with Gasteiger partial charge in [-0.1, -0.05) is 34.5 Å². The summed E-state index contributed by atoms with van der Waals surface area (Å²) in [7, 11) is 0. The average molecular weight is 345 g/mol. The Bertz CT molecular complexity index is 638. The molecule has 3 nitrogen and oxygen atoms in total. The summed E-state index contributed by atoms with van der Waals surface area (Å²) in [5.41, 5.74) is 2.05. The number of carbonyl (C=O) groups is 1. The van der Waals surface area contributed by atoms with Crippen molar-refractivity contribution in [3.8, 4) is 0 Å². The third-order valence-corrected chi connectivity index (χ3v) is 4.77. The smallest absolute Gasteiger partial charge is 0.251 e. The average Bonchev–Trinajstić information content (AvgIpc) is 2.47. The predicted octanol–water partition coefficient (Wildman–Crippen LogP) is 3.70. The zero-order chi connectivity index (χ0) is 14.7. The van der Waals surface area contributed by atoms with Crippen LogP contribution < -0.4 is 5.32 Å². The summed E-state index contributed by atoms with van der Waals surface area (Å²) >= 11 is 3.53. The predicted molar refractivity (Wildman–Crippen MR) is 86.2 cm³/mol. The molecule has 21 heavy (non-hydrogen) atoms. The van der Waals surface area contributed by atoms with Gasteiger partial charge >= 0.3 is 0 Å². The Kier molecular flexibility index (Phi) is 4.06. The fourth-order valence-electron chi connectivity index (χ4n) is 2.84. The second kappa shape index (κ2) is 5.98. The van der Waals surface area contributed by atoms with E-state index >= 15 is 0 Å². The van der Waals surface area contributed by atoms with Crippen molar-refractivity contribution in [2.75, 3.05) is 6.54 Å². The number of pyridine rings is 1. The van der Waals surface area contributed by atoms with Gasteiger partial charge in [0, 0.05) is 34.4 Å². The number of amides is 1. The van der Waals surface area contributed by atoms with E-state index in [0.717, 1.165) is 17.3 Å². The quantitative estimate of drug-likeness (QED) is 0.918. The van der Waals surface area contributed by atoms with Crippen LogP contribution in [-0.2, 0) is 5.41 Å². The minimum atomic E-state index is -0.0290. The fourth-order valence-corrected chi connectivity index (χ4v) is 3.24. The van der Waals surface area contributed by atoms with Crippen LogP contribution in [0, 0.1) is 0 Å². The van der Waals surface area contributed by atoms with E-state index in [2.05, 4.69) is 44.4 Å². The maximum absolute atomic E-state index is 12.2. The molecule has 1 saturated carbocycles. The van der Waals surface area contributed by atoms with Gasteiger partial charge in [0.15, 0.2) is 0 Å². The lowest BCUT2D eigenvalue weighted by atomic mass is 9.64. The lowest BCUT2D eigenvalue weighted by molar-refractivity contribution is 0.0927. The van der Waals surface area contributed by atoms with E-state index in [-0.39, 0.29) is 11.3 Å². The highest BCUT2D eigenvalue weighted by Gasteiger charge is 2.38. The van der Waals surface area contributed by atoms with E-state index in [9.17, 15) is 4.79 Å². The van der Waals surface area contributed by atoms with Crippen LogP contribution in [-0.4, -0.2) is 17.4 Å². The molecule has 1 aliphatic rings. The largest absolute Gasteiger partial charge is 0.351 e. The molecule has 0 saturated heterocycles. The molecule has 108 valence electrons. The molecule has 1 aromatic heterocycles. The molecule has 1 heterocycles. The first-order chi connectivity index (χ1) is 10.2. The molecule has 1 N–H and O–H groups in total. The van der Waals surface area contributed by atoms with Crippen LogP contribution in [0.25, 0.3) is 0 Å². The first-order valence-electron chi connectivity index (χ1n) is 7.14. The standard InChI is InChI=1S/C17H17BrN2O/c18-15-4-1-3-14(11-15)17(7-2-8-17)12-20-16(21)13-5-9-19-10-6-13/h1,3-6,9-11H,2,7-8,12H2,(H,20,21). The molecule has 1 aromatic carbocycles. The number of hydrogen-bond acceptors (Lipinski definition) is 2. The molecule has 0 unspecified atom stereocenters. The third kappa shape index (κ3) is 3.00. The number of nitrogens with zero attached hydrogens (tertiary/aromatic N) is 1. The van der Waals surface area contributed by atoms with Gasteiger partial charge in [-0.3, -0.25) is 9.78 Å². The lowest BCUT2D eigenvalue weighted by Gasteiger charge is -2.42. The molecule has 0 aliphatic heterocycles. The van der Waals surface area contributed by atoms with Gasteiger partial charge in [0.1, 0.15) is 0 Å². The highest BCUT2D eigenvalue weighted by molar-refractivity contribution is 9.10. The molecular weight excluding hydrogens is 328 g/mol. The summed E-state index contributed by atoms with van der Waals surface area (Å²) in [5, 5.41) is 3.08. The highest BCUT2D eigenvalue weighted by Crippen LogP contribution is 2.43. The van der Waals surface area contributed by atoms with E-state index in [1.54, 1.807) is 24.5 Å². The van der Waals surface area contributed by atoms with Crippen molar-refractivity contribution in [1.29, 1.82) is 0 Å². The van der Waals surface area contributed by atoms with Gasteiger partial charge in [-0.25, -0.2) is 0 Å². The molecule has 4 heteroatoms. The Morgan fingerprint density at radius 2 is 2.00 bits per heavy atom. The topological polar surface area (TPSA) is 42.0 Å². The fraction of sp³-hybridized carbons (Fsp3) is 0.294. The van der Waals surface area contributed by atoms with Crippen LogP contribution in [0.4, 0.5) is 0 Å². The number of benzene rings is 1. The SMILES string of the molecule is O=C(NCC1(c2cccc(Br)c2)CCC1)c1ccncc1. The van der Waals surface area contributed by atoms with E-state index in [4.69, 9.17) is 0 Å². The number of carbonyl (C=O) groups excluding carboxylic acids is 1. The zero-order valence-electron chi connectivity index (χ0n) is 11.7. The summed E-state index contributed by atoms with van der Waals surface area (Å²) < 4.78 is 1.09. The Morgan fingerprint density at radius 1 is 1.24 bits per heavy atom. The van der Waals surface area contributed by atoms with Crippen molar-refractivity contribution >= 4 is 21.8 Å². The van der Waals surface area contributed by atoms with Crippen LogP contribution in [0.15, 0.2) is 53.3 Å². The summed E-state index contributed by atoms with van der Waals surface area (Å²) in [6, 6.07) is 11.9. The maximum Gasteiger partial charge on any atom is 0.251 e. The van der Waals surface area contributed by atoms with Gasteiger partial charge in [0.25, 0.3) is 5.91 Å². The van der Waals surface area contributed by atoms with Crippen molar-refractivity contribution in [3.63, 3.8) is 0 Å². The Morgan fingerprint density at radius 3 is 2.62 bits per heavy atom. The Labute approximate surface area is 132 Å². The first-order valence-corrected chi connectivity index (χ1v) is 7.93. The number of hydrogen-bond donors (Lipinski definition) is 1. The Hall–Kier alpha value is -1.68. The van der Waals surface area contributed by atoms with Gasteiger partial charge in [-0.05, 0) is 42.7 Å². The minimum absolute atomic E-state index is 0.0290. The van der Waals surface area contributed by atoms with Gasteiger partial charge in [0.2, 0.25) is 0 Å². The summed E-state index contributed by atoms with van der Waals surface area (Å²) in [4.78, 5) is 16.1. The molecule has 0 spiro atoms. The molecule has 0 atom stereocenters. The number of aromatic nitrogens is 1. The normalized spacial score (nSPS) is 16.0. The zero-order valence-corrected chi connectivity index (χ0v) is 13.3. The molecule has 0 bridgehead atoms. The van der Waals surface area contributed by atoms with Crippen LogP contribution in [0.5, 0.6) is 0 Å². The molecule has 1 aliphatic carbocycles. The van der Waals surface area contributed by atoms with E-state index in [1.807, 2.05) is 6.07 Å². The summed E-state index contributed by atoms with van der Waals surface area (Å²) in [5.74, 6) is -0.0290. The van der Waals surface area contributed by atoms with Gasteiger partial charge in [0.05, 0.1) is 0 Å². The van der Waals surface area contributed by atoms with Crippen molar-refractivity contribution in [3.05, 3.63) is 64.4 Å². The van der Waals surface area contributed by atoms with Crippen molar-refractivity contribution in [1.82, 2.24) is 10.3 Å². The molecule has 3 rings (SSSR count). The lowest BCUT2D eigenvalue weighted by Crippen LogP contribution is -2.45. The highest BCUT2D eigenvalue weighted by atomic mass is 79.9. The number of nitrogens with one attached hydrogen (secondary N) is 1. The van der Waals surface area contributed by atoms with E-state index < -0.39 is 0 Å². The molecular formula is C17H17BrN2O. The Balaban J connectivity index is 1.72. The summed E-state index contributed by atoms with van der Waals surface area (Å²) in [6.07, 6.45) is 6.75. The van der Waals surface area contributed by atoms with Crippen LogP contribution in [0.2, 0.25) is 0 Å². The molecule has 1 amide bonds. The van der Waals surface area contributed by atoms with Crippen molar-refractivity contribution < 1.29 is 4.79 Å². The van der Waals surface area contributed by atoms with Gasteiger partial charge in [-0.15, -0.1) is 0 Å². The molecule has 1 fully saturated rings. The monoisotopic (exact) mass is 344 g/mol. The third-order valence-electron chi connectivity index (χ3n) is 4.28. The maximum atomic E-state index is 12.2. The first kappa shape index (κ1) is 14.3. The van der Waals surface area contributed by atoms with Crippen molar-refractivity contribution in [2.45, 2.75) is 24.7 Å². The van der Waals surface area contributed by atoms with E-state index in [1.165, 1.54) is 12.0 Å². The second-order valence-corrected chi connectivity index (χ2v) is 6.48. The van der Waals surface area contributed by atoms with Gasteiger partial charge < -0.3 is 5.32 Å². The summed E-state index contributed by atoms with van der Waals surface area (Å²) in [6.45, 7) is 0.685. The molecule has 0 radical (unpaired) electrons. The van der Waals surface area contributed by atoms with E-state index in [0.29, 0.717) is 12.1 Å². The van der Waals surface area contributed by atoms with Crippen LogP contribution in [0.1, 0.15) is 35.2 Å². The van der Waals surface area contributed by atoms with Crippen LogP contribution >= 0.6 is 15.9 Å². The van der Waals surface area contributed by atoms with Crippen molar-refractivity contribution in [2.24, 2.45) is 0 Å².